The first kappa shape index (κ1) is 51.7. The number of hydrogen-bond acceptors (Lipinski definition) is 2. The number of benzene rings is 9. The number of hydrogen-bond donors (Lipinski definition) is 0. The van der Waals surface area contributed by atoms with Crippen molar-refractivity contribution >= 4 is 71.5 Å². The lowest BCUT2D eigenvalue weighted by Gasteiger charge is -2.33. The third kappa shape index (κ3) is 11.0. The maximum absolute atomic E-state index is 6.69. The molecule has 0 N–H and O–H groups in total. The molecular formula is C69H64Br2INO. The Bertz CT molecular complexity index is 3160. The van der Waals surface area contributed by atoms with Gasteiger partial charge in [-0.15, -0.1) is 0 Å². The largest absolute Gasteiger partial charge is 0.453 e. The zero-order chi connectivity index (χ0) is 52.5. The van der Waals surface area contributed by atoms with Gasteiger partial charge in [0.1, 0.15) is 0 Å². The minimum absolute atomic E-state index is 0.0146. The van der Waals surface area contributed by atoms with Crippen molar-refractivity contribution in [2.24, 2.45) is 0 Å². The van der Waals surface area contributed by atoms with Gasteiger partial charge in [-0.25, -0.2) is 0 Å². The van der Waals surface area contributed by atoms with Gasteiger partial charge in [-0.2, -0.15) is 0 Å². The van der Waals surface area contributed by atoms with Crippen molar-refractivity contribution in [2.75, 3.05) is 4.90 Å². The average Bonchev–Trinajstić information content (AvgIpc) is 3.36. The molecule has 0 fully saturated rings. The summed E-state index contributed by atoms with van der Waals surface area (Å²) in [6.07, 6.45) is 0. The highest BCUT2D eigenvalue weighted by molar-refractivity contribution is 14.1. The second-order valence-corrected chi connectivity index (χ2v) is 28.1. The van der Waals surface area contributed by atoms with Gasteiger partial charge in [-0.05, 0) is 210 Å². The molecule has 5 heteroatoms. The molecule has 0 aromatic heterocycles. The Balaban J connectivity index is 1.24. The summed E-state index contributed by atoms with van der Waals surface area (Å²) in [5.74, 6) is 1.56. The molecule has 9 aromatic rings. The summed E-state index contributed by atoms with van der Waals surface area (Å²) in [7, 11) is 0. The van der Waals surface area contributed by atoms with E-state index in [4.69, 9.17) is 4.74 Å². The summed E-state index contributed by atoms with van der Waals surface area (Å²) in [5, 5.41) is 0. The molecule has 9 aromatic carbocycles. The van der Waals surface area contributed by atoms with E-state index in [1.807, 2.05) is 0 Å². The molecule has 1 aliphatic heterocycles. The van der Waals surface area contributed by atoms with Gasteiger partial charge in [0.15, 0.2) is 11.5 Å². The van der Waals surface area contributed by atoms with Crippen molar-refractivity contribution in [1.82, 2.24) is 0 Å². The first-order valence-electron chi connectivity index (χ1n) is 25.6. The van der Waals surface area contributed by atoms with Gasteiger partial charge < -0.3 is 9.64 Å². The average molecular weight is 1210 g/mol. The molecule has 0 radical (unpaired) electrons. The fraction of sp³-hybridized carbons (Fsp3) is 0.217. The Labute approximate surface area is 470 Å². The Kier molecular flexibility index (Phi) is 13.8. The molecular weight excluding hydrogens is 1150 g/mol. The van der Waals surface area contributed by atoms with E-state index in [1.54, 1.807) is 0 Å². The van der Waals surface area contributed by atoms with Crippen molar-refractivity contribution in [2.45, 2.75) is 95.8 Å². The summed E-state index contributed by atoms with van der Waals surface area (Å²) in [4.78, 5) is 2.36. The van der Waals surface area contributed by atoms with E-state index in [0.717, 1.165) is 59.8 Å². The van der Waals surface area contributed by atoms with Gasteiger partial charge >= 0.3 is 0 Å². The van der Waals surface area contributed by atoms with Crippen molar-refractivity contribution < 1.29 is 4.74 Å². The van der Waals surface area contributed by atoms with E-state index in [9.17, 15) is 0 Å². The Hall–Kier alpha value is -5.73. The summed E-state index contributed by atoms with van der Waals surface area (Å²) in [6, 6.07) is 70.6. The van der Waals surface area contributed by atoms with Crippen LogP contribution in [-0.4, -0.2) is 0 Å². The molecule has 0 amide bonds. The minimum atomic E-state index is 0.0146. The Morgan fingerprint density at radius 1 is 0.311 bits per heavy atom. The second-order valence-electron chi connectivity index (χ2n) is 23.6. The highest BCUT2D eigenvalue weighted by Crippen LogP contribution is 2.53. The van der Waals surface area contributed by atoms with Crippen molar-refractivity contribution in [3.05, 3.63) is 219 Å². The number of ether oxygens (including phenoxy) is 1. The van der Waals surface area contributed by atoms with Crippen LogP contribution in [0.3, 0.4) is 0 Å². The molecule has 0 spiro atoms. The van der Waals surface area contributed by atoms with E-state index >= 15 is 0 Å². The summed E-state index contributed by atoms with van der Waals surface area (Å²) in [5.41, 5.74) is 22.2. The van der Waals surface area contributed by atoms with Crippen molar-refractivity contribution in [1.29, 1.82) is 0 Å². The molecule has 10 rings (SSSR count). The summed E-state index contributed by atoms with van der Waals surface area (Å²) < 4.78 is 8.62. The molecule has 0 bridgehead atoms. The maximum Gasteiger partial charge on any atom is 0.152 e. The minimum Gasteiger partial charge on any atom is -0.453 e. The van der Waals surface area contributed by atoms with Crippen LogP contribution in [0.15, 0.2) is 197 Å². The number of halogens is 3. The van der Waals surface area contributed by atoms with Crippen LogP contribution < -0.4 is 9.64 Å². The van der Waals surface area contributed by atoms with Crippen LogP contribution in [0.1, 0.15) is 98.4 Å². The van der Waals surface area contributed by atoms with Crippen LogP contribution in [0.4, 0.5) is 17.1 Å². The van der Waals surface area contributed by atoms with E-state index in [0.29, 0.717) is 0 Å². The van der Waals surface area contributed by atoms with Crippen LogP contribution in [-0.2, 0) is 19.7 Å². The maximum atomic E-state index is 6.69. The number of fused-ring (bicyclic) bond motifs is 2. The SMILES string of the molecule is CC(C)(C)c1ccc(-c2cc(-c3ccc(C(C)(C)C)cc3)cc(-c3cc(-c4cc(-c5ccc(C(C)(C)C)cc5)cc(-c5ccc(C(C)(C)I)cc5)c4)cc(N4c5ccc(Br)cc5Oc5cc(Br)ccc54)c3)c2)cc1. The molecule has 1 aliphatic rings. The lowest BCUT2D eigenvalue weighted by atomic mass is 9.85. The van der Waals surface area contributed by atoms with Crippen molar-refractivity contribution in [3.63, 3.8) is 0 Å². The van der Waals surface area contributed by atoms with E-state index < -0.39 is 0 Å². The van der Waals surface area contributed by atoms with Crippen LogP contribution >= 0.6 is 54.5 Å². The van der Waals surface area contributed by atoms with Gasteiger partial charge in [0.2, 0.25) is 0 Å². The molecule has 0 aliphatic carbocycles. The molecule has 1 heterocycles. The van der Waals surface area contributed by atoms with Crippen LogP contribution in [0.2, 0.25) is 0 Å². The topological polar surface area (TPSA) is 12.5 Å². The number of nitrogens with zero attached hydrogens (tertiary/aromatic N) is 1. The van der Waals surface area contributed by atoms with Crippen molar-refractivity contribution in [3.8, 4) is 78.3 Å². The smallest absolute Gasteiger partial charge is 0.152 e. The van der Waals surface area contributed by atoms with Gasteiger partial charge in [0, 0.05) is 18.1 Å². The monoisotopic (exact) mass is 1210 g/mol. The first-order valence-corrected chi connectivity index (χ1v) is 28.3. The molecule has 2 nitrogen and oxygen atoms in total. The standard InChI is InChI=1S/C69H64Br2INO/c1-66(2,3)55-20-12-43(13-21-55)47-32-48(44-14-22-56(23-15-44)67(4,5)6)35-51(34-47)53-38-54(40-61(39-53)73-62-30-28-59(70)41-64(62)74-65-42-60(71)29-31-63(65)73)52-36-49(45-16-24-57(25-17-45)68(7,8)9)33-50(37-52)46-18-26-58(27-19-46)69(10,11)72/h12-42H,1-11H3. The zero-order valence-corrected chi connectivity index (χ0v) is 49.7. The highest BCUT2D eigenvalue weighted by atomic mass is 127. The summed E-state index contributed by atoms with van der Waals surface area (Å²) >= 11 is 10.0. The first-order chi connectivity index (χ1) is 34.9. The van der Waals surface area contributed by atoms with E-state index in [-0.39, 0.29) is 19.7 Å². The number of rotatable bonds is 8. The lowest BCUT2D eigenvalue weighted by molar-refractivity contribution is 0.476. The molecule has 372 valence electrons. The second kappa shape index (κ2) is 19.8. The predicted molar refractivity (Wildman–Crippen MR) is 332 cm³/mol. The number of anilines is 3. The summed E-state index contributed by atoms with van der Waals surface area (Å²) in [6.45, 7) is 25.0. The van der Waals surface area contributed by atoms with E-state index in [1.165, 1.54) is 66.8 Å². The van der Waals surface area contributed by atoms with Crippen LogP contribution in [0.25, 0.3) is 66.8 Å². The normalized spacial score (nSPS) is 12.8. The zero-order valence-electron chi connectivity index (χ0n) is 44.4. The van der Waals surface area contributed by atoms with E-state index in [2.05, 4.69) is 324 Å². The molecule has 0 saturated carbocycles. The quantitative estimate of drug-likeness (QED) is 0.111. The highest BCUT2D eigenvalue weighted by Gasteiger charge is 2.28. The lowest BCUT2D eigenvalue weighted by Crippen LogP contribution is -2.16. The predicted octanol–water partition coefficient (Wildman–Crippen LogP) is 22.4. The fourth-order valence-electron chi connectivity index (χ4n) is 9.91. The molecule has 0 atom stereocenters. The van der Waals surface area contributed by atoms with Gasteiger partial charge in [-0.1, -0.05) is 214 Å². The molecule has 74 heavy (non-hydrogen) atoms. The number of alkyl halides is 1. The molecule has 0 unspecified atom stereocenters. The van der Waals surface area contributed by atoms with Crippen LogP contribution in [0, 0.1) is 0 Å². The van der Waals surface area contributed by atoms with Gasteiger partial charge in [0.25, 0.3) is 0 Å². The third-order valence-corrected chi connectivity index (χ3v) is 16.0. The Morgan fingerprint density at radius 2 is 0.568 bits per heavy atom. The fourth-order valence-corrected chi connectivity index (χ4v) is 11.0. The van der Waals surface area contributed by atoms with Gasteiger partial charge in [-0.3, -0.25) is 0 Å². The third-order valence-electron chi connectivity index (χ3n) is 14.4. The molecule has 0 saturated heterocycles. The van der Waals surface area contributed by atoms with Crippen LogP contribution in [0.5, 0.6) is 11.5 Å². The Morgan fingerprint density at radius 3 is 0.838 bits per heavy atom. The van der Waals surface area contributed by atoms with Gasteiger partial charge in [0.05, 0.1) is 11.4 Å².